The molecule has 0 aliphatic carbocycles. The number of nitrogens with zero attached hydrogens (tertiary/aromatic N) is 3. The monoisotopic (exact) mass is 347 g/mol. The molecule has 1 aromatic heterocycles. The zero-order chi connectivity index (χ0) is 17.9. The van der Waals surface area contributed by atoms with Crippen LogP contribution in [-0.4, -0.2) is 27.5 Å². The first-order chi connectivity index (χ1) is 12.7. The Labute approximate surface area is 152 Å². The first kappa shape index (κ1) is 16.5. The minimum absolute atomic E-state index is 0.0267. The molecule has 0 saturated heterocycles. The molecule has 26 heavy (non-hydrogen) atoms. The van der Waals surface area contributed by atoms with Crippen LogP contribution in [0.25, 0.3) is 0 Å². The van der Waals surface area contributed by atoms with Gasteiger partial charge in [0.1, 0.15) is 6.42 Å². The molecule has 0 N–H and O–H groups in total. The molecule has 0 bridgehead atoms. The summed E-state index contributed by atoms with van der Waals surface area (Å²) in [4.78, 5) is 15.0. The number of hydrogen-bond acceptors (Lipinski definition) is 4. The molecule has 1 amide bonds. The molecular formula is C21H21N3O2. The van der Waals surface area contributed by atoms with Crippen molar-refractivity contribution in [2.75, 3.05) is 6.54 Å². The predicted octanol–water partition coefficient (Wildman–Crippen LogP) is 3.29. The summed E-state index contributed by atoms with van der Waals surface area (Å²) < 4.78 is 5.40. The van der Waals surface area contributed by atoms with E-state index in [-0.39, 0.29) is 18.4 Å². The van der Waals surface area contributed by atoms with Crippen molar-refractivity contribution in [1.82, 2.24) is 15.1 Å². The molecule has 1 atom stereocenters. The summed E-state index contributed by atoms with van der Waals surface area (Å²) in [6, 6.07) is 18.8. The van der Waals surface area contributed by atoms with E-state index in [0.717, 1.165) is 12.8 Å². The minimum Gasteiger partial charge on any atom is -0.425 e. The maximum Gasteiger partial charge on any atom is 0.232 e. The van der Waals surface area contributed by atoms with Crippen LogP contribution in [0, 0.1) is 6.92 Å². The van der Waals surface area contributed by atoms with E-state index in [4.69, 9.17) is 4.42 Å². The van der Waals surface area contributed by atoms with Crippen molar-refractivity contribution in [2.24, 2.45) is 0 Å². The quantitative estimate of drug-likeness (QED) is 0.727. The number of carbonyl (C=O) groups is 1. The highest BCUT2D eigenvalue weighted by molar-refractivity contribution is 5.78. The van der Waals surface area contributed by atoms with Gasteiger partial charge in [-0.2, -0.15) is 0 Å². The summed E-state index contributed by atoms with van der Waals surface area (Å²) in [6.45, 7) is 2.44. The Morgan fingerprint density at radius 3 is 2.65 bits per heavy atom. The fourth-order valence-corrected chi connectivity index (χ4v) is 3.65. The molecule has 0 unspecified atom stereocenters. The predicted molar refractivity (Wildman–Crippen MR) is 97.5 cm³/mol. The molecule has 3 aromatic rings. The summed E-state index contributed by atoms with van der Waals surface area (Å²) in [5, 5.41) is 7.79. The Bertz CT molecular complexity index is 904. The van der Waals surface area contributed by atoms with Gasteiger partial charge in [-0.25, -0.2) is 0 Å². The highest BCUT2D eigenvalue weighted by Crippen LogP contribution is 2.33. The number of fused-ring (bicyclic) bond motifs is 1. The second-order valence-electron chi connectivity index (χ2n) is 6.63. The lowest BCUT2D eigenvalue weighted by Crippen LogP contribution is -2.41. The first-order valence-corrected chi connectivity index (χ1v) is 8.91. The molecular weight excluding hydrogens is 326 g/mol. The molecule has 1 aliphatic rings. The Morgan fingerprint density at radius 1 is 1.12 bits per heavy atom. The molecule has 5 heteroatoms. The number of rotatable bonds is 4. The fraction of sp³-hybridized carbons (Fsp3) is 0.286. The third kappa shape index (κ3) is 3.38. The Hall–Kier alpha value is -2.95. The Kier molecular flexibility index (Phi) is 4.52. The van der Waals surface area contributed by atoms with Crippen molar-refractivity contribution in [3.63, 3.8) is 0 Å². The van der Waals surface area contributed by atoms with E-state index < -0.39 is 0 Å². The van der Waals surface area contributed by atoms with Gasteiger partial charge in [-0.3, -0.25) is 4.79 Å². The summed E-state index contributed by atoms with van der Waals surface area (Å²) in [5.74, 6) is 0.895. The van der Waals surface area contributed by atoms with E-state index in [1.165, 1.54) is 16.7 Å². The van der Waals surface area contributed by atoms with E-state index in [2.05, 4.69) is 40.5 Å². The molecule has 2 aromatic carbocycles. The molecule has 2 heterocycles. The van der Waals surface area contributed by atoms with Crippen molar-refractivity contribution < 1.29 is 9.21 Å². The average Bonchev–Trinajstić information content (AvgIpc) is 3.07. The van der Waals surface area contributed by atoms with Crippen molar-refractivity contribution in [3.05, 3.63) is 83.1 Å². The van der Waals surface area contributed by atoms with Gasteiger partial charge in [0.15, 0.2) is 0 Å². The van der Waals surface area contributed by atoms with Gasteiger partial charge in [0, 0.05) is 13.5 Å². The molecule has 0 radical (unpaired) electrons. The van der Waals surface area contributed by atoms with Gasteiger partial charge in [0.05, 0.1) is 6.04 Å². The van der Waals surface area contributed by atoms with E-state index in [9.17, 15) is 4.79 Å². The molecule has 0 saturated carbocycles. The van der Waals surface area contributed by atoms with Crippen molar-refractivity contribution >= 4 is 5.91 Å². The number of hydrogen-bond donors (Lipinski definition) is 0. The van der Waals surface area contributed by atoms with E-state index in [0.29, 0.717) is 18.3 Å². The molecule has 0 spiro atoms. The van der Waals surface area contributed by atoms with Gasteiger partial charge in [-0.1, -0.05) is 54.6 Å². The van der Waals surface area contributed by atoms with Crippen LogP contribution < -0.4 is 0 Å². The van der Waals surface area contributed by atoms with Crippen molar-refractivity contribution in [3.8, 4) is 0 Å². The highest BCUT2D eigenvalue weighted by Gasteiger charge is 2.31. The Balaban J connectivity index is 1.62. The van der Waals surface area contributed by atoms with Crippen molar-refractivity contribution in [2.45, 2.75) is 32.2 Å². The van der Waals surface area contributed by atoms with Crippen molar-refractivity contribution in [1.29, 1.82) is 0 Å². The standard InChI is InChI=1S/C21H21N3O2/c1-15-22-23-20(26-15)14-21(25)24-12-11-17-9-5-6-10-18(17)19(24)13-16-7-3-2-4-8-16/h2-10,19H,11-14H2,1H3/t19-/m0/s1. The smallest absolute Gasteiger partial charge is 0.232 e. The topological polar surface area (TPSA) is 59.2 Å². The van der Waals surface area contributed by atoms with Crippen LogP contribution >= 0.6 is 0 Å². The number of carbonyl (C=O) groups excluding carboxylic acids is 1. The maximum atomic E-state index is 13.0. The SMILES string of the molecule is Cc1nnc(CC(=O)N2CCc3ccccc3[C@@H]2Cc2ccccc2)o1. The zero-order valence-electron chi connectivity index (χ0n) is 14.8. The van der Waals surface area contributed by atoms with Gasteiger partial charge < -0.3 is 9.32 Å². The summed E-state index contributed by atoms with van der Waals surface area (Å²) >= 11 is 0. The summed E-state index contributed by atoms with van der Waals surface area (Å²) in [6.07, 6.45) is 1.82. The summed E-state index contributed by atoms with van der Waals surface area (Å²) in [5.41, 5.74) is 3.78. The minimum atomic E-state index is 0.0267. The van der Waals surface area contributed by atoms with E-state index in [1.807, 2.05) is 29.2 Å². The lowest BCUT2D eigenvalue weighted by Gasteiger charge is -2.37. The fourth-order valence-electron chi connectivity index (χ4n) is 3.65. The number of aryl methyl sites for hydroxylation is 1. The lowest BCUT2D eigenvalue weighted by molar-refractivity contribution is -0.133. The number of benzene rings is 2. The second-order valence-corrected chi connectivity index (χ2v) is 6.63. The molecule has 5 nitrogen and oxygen atoms in total. The van der Waals surface area contributed by atoms with Gasteiger partial charge in [0.25, 0.3) is 0 Å². The lowest BCUT2D eigenvalue weighted by atomic mass is 9.88. The van der Waals surface area contributed by atoms with Gasteiger partial charge in [0.2, 0.25) is 17.7 Å². The zero-order valence-corrected chi connectivity index (χ0v) is 14.8. The van der Waals surface area contributed by atoms with Crippen LogP contribution in [-0.2, 0) is 24.1 Å². The highest BCUT2D eigenvalue weighted by atomic mass is 16.4. The summed E-state index contributed by atoms with van der Waals surface area (Å²) in [7, 11) is 0. The normalized spacial score (nSPS) is 16.3. The van der Waals surface area contributed by atoms with E-state index >= 15 is 0 Å². The van der Waals surface area contributed by atoms with Crippen LogP contribution in [0.3, 0.4) is 0 Å². The average molecular weight is 347 g/mol. The van der Waals surface area contributed by atoms with Crippen LogP contribution in [0.4, 0.5) is 0 Å². The van der Waals surface area contributed by atoms with Crippen LogP contribution in [0.2, 0.25) is 0 Å². The van der Waals surface area contributed by atoms with Crippen LogP contribution in [0.15, 0.2) is 59.0 Å². The second kappa shape index (κ2) is 7.12. The Morgan fingerprint density at radius 2 is 1.88 bits per heavy atom. The van der Waals surface area contributed by atoms with Gasteiger partial charge in [-0.15, -0.1) is 10.2 Å². The first-order valence-electron chi connectivity index (χ1n) is 8.91. The third-order valence-corrected chi connectivity index (χ3v) is 4.87. The van der Waals surface area contributed by atoms with Crippen LogP contribution in [0.1, 0.15) is 34.5 Å². The van der Waals surface area contributed by atoms with Gasteiger partial charge >= 0.3 is 0 Å². The molecule has 132 valence electrons. The molecule has 0 fully saturated rings. The number of aromatic nitrogens is 2. The van der Waals surface area contributed by atoms with E-state index in [1.54, 1.807) is 6.92 Å². The largest absolute Gasteiger partial charge is 0.425 e. The van der Waals surface area contributed by atoms with Crippen LogP contribution in [0.5, 0.6) is 0 Å². The van der Waals surface area contributed by atoms with Gasteiger partial charge in [-0.05, 0) is 29.5 Å². The molecule has 4 rings (SSSR count). The maximum absolute atomic E-state index is 13.0. The number of amides is 1. The third-order valence-electron chi connectivity index (χ3n) is 4.87. The molecule has 1 aliphatic heterocycles.